The molecule has 0 bridgehead atoms. The largest absolute Gasteiger partial charge is 1.00 e. The van der Waals surface area contributed by atoms with Gasteiger partial charge in [0.15, 0.2) is 0 Å². The van der Waals surface area contributed by atoms with E-state index in [-0.39, 0.29) is 29.4 Å². The van der Waals surface area contributed by atoms with E-state index in [4.69, 9.17) is 0 Å². The smallest absolute Gasteiger partial charge is 0.248 e. The highest BCUT2D eigenvalue weighted by molar-refractivity contribution is 5.49. The van der Waals surface area contributed by atoms with E-state index in [0.717, 1.165) is 19.5 Å². The predicted molar refractivity (Wildman–Crippen MR) is 125 cm³/mol. The molecule has 0 aliphatic rings. The van der Waals surface area contributed by atoms with Crippen LogP contribution in [0.5, 0.6) is 0 Å². The third-order valence-electron chi connectivity index (χ3n) is 6.00. The molecule has 0 saturated carbocycles. The Morgan fingerprint density at radius 2 is 0.939 bits per heavy atom. The lowest BCUT2D eigenvalue weighted by Crippen LogP contribution is -3.00. The summed E-state index contributed by atoms with van der Waals surface area (Å²) in [6.07, 6.45) is 14.2. The van der Waals surface area contributed by atoms with Crippen molar-refractivity contribution in [1.29, 1.82) is 0 Å². The summed E-state index contributed by atoms with van der Waals surface area (Å²) in [7, 11) is 0. The average Bonchev–Trinajstić information content (AvgIpc) is 3.30. The predicted octanol–water partition coefficient (Wildman–Crippen LogP) is -1.21. The van der Waals surface area contributed by atoms with Gasteiger partial charge >= 0.3 is 0 Å². The number of aromatic nitrogens is 4. The topological polar surface area (TPSA) is 17.6 Å². The Morgan fingerprint density at radius 1 is 0.606 bits per heavy atom. The average molecular weight is 530 g/mol. The van der Waals surface area contributed by atoms with Gasteiger partial charge in [-0.2, -0.15) is 0 Å². The molecule has 4 aromatic rings. The zero-order valence-electron chi connectivity index (χ0n) is 20.4. The SMILES string of the molecule is Cc1cc(C)c(-n2cc[n+](CCC[n+]3ccn(-c4c(C)cc(C)cc4C)c3)c2)c(C)c1.[Br-].[Cl-]. The molecular formula is C27H34BrClN4. The Labute approximate surface area is 214 Å². The summed E-state index contributed by atoms with van der Waals surface area (Å²) < 4.78 is 9.06. The molecule has 0 aliphatic heterocycles. The van der Waals surface area contributed by atoms with Crippen molar-refractivity contribution in [1.82, 2.24) is 9.13 Å². The van der Waals surface area contributed by atoms with Crippen molar-refractivity contribution >= 4 is 0 Å². The number of halogens is 2. The van der Waals surface area contributed by atoms with Crippen molar-refractivity contribution in [3.63, 3.8) is 0 Å². The molecule has 4 rings (SSSR count). The molecular weight excluding hydrogens is 496 g/mol. The second-order valence-electron chi connectivity index (χ2n) is 8.97. The van der Waals surface area contributed by atoms with Gasteiger partial charge in [-0.3, -0.25) is 0 Å². The van der Waals surface area contributed by atoms with Gasteiger partial charge in [0.25, 0.3) is 0 Å². The van der Waals surface area contributed by atoms with Crippen LogP contribution >= 0.6 is 0 Å². The monoisotopic (exact) mass is 528 g/mol. The minimum Gasteiger partial charge on any atom is -1.00 e. The summed E-state index contributed by atoms with van der Waals surface area (Å²) in [6, 6.07) is 9.02. The van der Waals surface area contributed by atoms with Crippen LogP contribution in [0, 0.1) is 41.5 Å². The minimum absolute atomic E-state index is 0. The molecule has 0 N–H and O–H groups in total. The second-order valence-corrected chi connectivity index (χ2v) is 8.97. The maximum absolute atomic E-state index is 2.28. The number of rotatable bonds is 6. The summed E-state index contributed by atoms with van der Waals surface area (Å²) in [5.74, 6) is 0. The van der Waals surface area contributed by atoms with Gasteiger partial charge in [-0.15, -0.1) is 0 Å². The fourth-order valence-corrected chi connectivity index (χ4v) is 4.91. The fourth-order valence-electron chi connectivity index (χ4n) is 4.91. The van der Waals surface area contributed by atoms with Crippen LogP contribution in [-0.4, -0.2) is 9.13 Å². The van der Waals surface area contributed by atoms with Gasteiger partial charge < -0.3 is 29.4 Å². The highest BCUT2D eigenvalue weighted by Gasteiger charge is 2.15. The number of hydrogen-bond acceptors (Lipinski definition) is 0. The molecule has 0 aliphatic carbocycles. The lowest BCUT2D eigenvalue weighted by atomic mass is 10.1. The van der Waals surface area contributed by atoms with E-state index in [9.17, 15) is 0 Å². The van der Waals surface area contributed by atoms with Crippen molar-refractivity contribution in [3.8, 4) is 11.4 Å². The fraction of sp³-hybridized carbons (Fsp3) is 0.333. The van der Waals surface area contributed by atoms with E-state index < -0.39 is 0 Å². The van der Waals surface area contributed by atoms with Gasteiger partial charge in [-0.05, 0) is 63.8 Å². The maximum Gasteiger partial charge on any atom is 0.248 e. The van der Waals surface area contributed by atoms with Gasteiger partial charge in [-0.1, -0.05) is 35.4 Å². The lowest BCUT2D eigenvalue weighted by molar-refractivity contribution is -0.726. The standard InChI is InChI=1S/C27H34N4.BrH.ClH/c1-20-14-22(3)26(23(4)15-20)30-12-10-28(18-30)8-7-9-29-11-13-31(19-29)27-24(5)16-21(2)17-25(27)6;;/h10-19H,7-9H2,1-6H3;2*1H/q+2;;/p-2. The van der Waals surface area contributed by atoms with Gasteiger partial charge in [-0.25, -0.2) is 18.3 Å². The third-order valence-corrected chi connectivity index (χ3v) is 6.00. The van der Waals surface area contributed by atoms with Crippen LogP contribution in [0.15, 0.2) is 61.7 Å². The molecule has 0 spiro atoms. The zero-order chi connectivity index (χ0) is 22.1. The first kappa shape index (κ1) is 26.9. The van der Waals surface area contributed by atoms with Crippen LogP contribution in [0.3, 0.4) is 0 Å². The quantitative estimate of drug-likeness (QED) is 0.279. The van der Waals surface area contributed by atoms with Crippen molar-refractivity contribution in [2.45, 2.75) is 61.1 Å². The highest BCUT2D eigenvalue weighted by Crippen LogP contribution is 2.21. The van der Waals surface area contributed by atoms with Crippen molar-refractivity contribution < 1.29 is 38.5 Å². The van der Waals surface area contributed by atoms with E-state index >= 15 is 0 Å². The minimum atomic E-state index is 0. The summed E-state index contributed by atoms with van der Waals surface area (Å²) in [5, 5.41) is 0. The summed E-state index contributed by atoms with van der Waals surface area (Å²) in [6.45, 7) is 15.1. The van der Waals surface area contributed by atoms with E-state index in [2.05, 4.69) is 122 Å². The first-order chi connectivity index (χ1) is 14.8. The van der Waals surface area contributed by atoms with E-state index in [1.807, 2.05) is 0 Å². The van der Waals surface area contributed by atoms with Crippen LogP contribution in [-0.2, 0) is 13.1 Å². The Morgan fingerprint density at radius 3 is 1.27 bits per heavy atom. The van der Waals surface area contributed by atoms with E-state index in [1.54, 1.807) is 0 Å². The van der Waals surface area contributed by atoms with Crippen LogP contribution in [0.2, 0.25) is 0 Å². The summed E-state index contributed by atoms with van der Waals surface area (Å²) in [5.41, 5.74) is 10.5. The molecule has 2 aromatic heterocycles. The first-order valence-electron chi connectivity index (χ1n) is 11.1. The Hall–Kier alpha value is -2.37. The van der Waals surface area contributed by atoms with Crippen molar-refractivity contribution in [2.75, 3.05) is 0 Å². The lowest BCUT2D eigenvalue weighted by Gasteiger charge is -2.07. The van der Waals surface area contributed by atoms with Crippen molar-refractivity contribution in [2.24, 2.45) is 0 Å². The highest BCUT2D eigenvalue weighted by atomic mass is 79.9. The van der Waals surface area contributed by atoms with Crippen LogP contribution in [0.1, 0.15) is 39.8 Å². The molecule has 0 amide bonds. The van der Waals surface area contributed by atoms with Crippen molar-refractivity contribution in [3.05, 3.63) is 95.1 Å². The molecule has 176 valence electrons. The molecule has 0 unspecified atom stereocenters. The molecule has 4 nitrogen and oxygen atoms in total. The van der Waals surface area contributed by atoms with E-state index in [0.29, 0.717) is 0 Å². The third kappa shape index (κ3) is 5.96. The molecule has 0 saturated heterocycles. The van der Waals surface area contributed by atoms with Gasteiger partial charge in [0, 0.05) is 6.42 Å². The molecule has 0 atom stereocenters. The Kier molecular flexibility index (Phi) is 9.10. The zero-order valence-corrected chi connectivity index (χ0v) is 22.8. The van der Waals surface area contributed by atoms with Crippen LogP contribution in [0.25, 0.3) is 11.4 Å². The maximum atomic E-state index is 2.28. The van der Waals surface area contributed by atoms with Gasteiger partial charge in [0.2, 0.25) is 12.7 Å². The number of aryl methyl sites for hydroxylation is 8. The van der Waals surface area contributed by atoms with Crippen LogP contribution in [0.4, 0.5) is 0 Å². The summed E-state index contributed by atoms with van der Waals surface area (Å²) >= 11 is 0. The second kappa shape index (κ2) is 11.2. The molecule has 0 radical (unpaired) electrons. The van der Waals surface area contributed by atoms with Gasteiger partial charge in [0.1, 0.15) is 36.2 Å². The number of hydrogen-bond donors (Lipinski definition) is 0. The summed E-state index contributed by atoms with van der Waals surface area (Å²) in [4.78, 5) is 0. The normalized spacial score (nSPS) is 10.6. The van der Waals surface area contributed by atoms with E-state index in [1.165, 1.54) is 44.8 Å². The van der Waals surface area contributed by atoms with Gasteiger partial charge in [0.05, 0.1) is 13.1 Å². The molecule has 2 aromatic carbocycles. The first-order valence-corrected chi connectivity index (χ1v) is 11.1. The Balaban J connectivity index is 0.00000193. The molecule has 2 heterocycles. The molecule has 0 fully saturated rings. The number of imidazole rings is 2. The van der Waals surface area contributed by atoms with Crippen LogP contribution < -0.4 is 38.5 Å². The molecule has 33 heavy (non-hydrogen) atoms. The molecule has 6 heteroatoms. The number of nitrogens with zero attached hydrogens (tertiary/aromatic N) is 4. The number of benzene rings is 2. The Bertz CT molecular complexity index is 1100.